The Kier molecular flexibility index (Phi) is 4.07. The molecular formula is C10H21N3O2. The van der Waals surface area contributed by atoms with Crippen LogP contribution < -0.4 is 5.84 Å². The highest BCUT2D eigenvalue weighted by Crippen LogP contribution is 2.16. The lowest BCUT2D eigenvalue weighted by molar-refractivity contribution is -0.217. The lowest BCUT2D eigenvalue weighted by Crippen LogP contribution is -2.51. The molecule has 0 unspecified atom stereocenters. The minimum Gasteiger partial charge on any atom is -0.276 e. The summed E-state index contributed by atoms with van der Waals surface area (Å²) in [6.45, 7) is 8.25. The first kappa shape index (κ1) is 12.4. The van der Waals surface area contributed by atoms with Gasteiger partial charge in [-0.05, 0) is 33.1 Å². The summed E-state index contributed by atoms with van der Waals surface area (Å²) in [5.41, 5.74) is -0.319. The van der Waals surface area contributed by atoms with Gasteiger partial charge in [-0.25, -0.2) is 10.1 Å². The van der Waals surface area contributed by atoms with Gasteiger partial charge in [0.1, 0.15) is 0 Å². The fraction of sp³-hybridized carbons (Fsp3) is 0.900. The molecule has 1 amide bonds. The number of hydrogen-bond donors (Lipinski definition) is 1. The maximum atomic E-state index is 10.7. The Hall–Kier alpha value is -0.650. The van der Waals surface area contributed by atoms with Gasteiger partial charge in [-0.1, -0.05) is 0 Å². The van der Waals surface area contributed by atoms with Gasteiger partial charge in [0.2, 0.25) is 6.41 Å². The van der Waals surface area contributed by atoms with E-state index in [2.05, 4.69) is 0 Å². The third kappa shape index (κ3) is 4.59. The van der Waals surface area contributed by atoms with Crippen LogP contribution in [0.25, 0.3) is 0 Å². The van der Waals surface area contributed by atoms with Crippen LogP contribution in [0.4, 0.5) is 0 Å². The molecule has 0 bridgehead atoms. The van der Waals surface area contributed by atoms with Crippen molar-refractivity contribution in [2.75, 3.05) is 19.6 Å². The second-order valence-electron chi connectivity index (χ2n) is 5.06. The molecule has 15 heavy (non-hydrogen) atoms. The molecule has 88 valence electrons. The number of rotatable bonds is 5. The van der Waals surface area contributed by atoms with Gasteiger partial charge in [-0.3, -0.25) is 15.5 Å². The van der Waals surface area contributed by atoms with E-state index in [1.807, 2.05) is 20.8 Å². The fourth-order valence-electron chi connectivity index (χ4n) is 1.57. The Morgan fingerprint density at radius 3 is 2.53 bits per heavy atom. The molecule has 2 N–H and O–H groups in total. The average Bonchev–Trinajstić information content (AvgIpc) is 2.06. The minimum absolute atomic E-state index is 0.319. The van der Waals surface area contributed by atoms with E-state index >= 15 is 0 Å². The monoisotopic (exact) mass is 215 g/mol. The van der Waals surface area contributed by atoms with Crippen molar-refractivity contribution in [1.82, 2.24) is 10.1 Å². The van der Waals surface area contributed by atoms with Crippen molar-refractivity contribution >= 4 is 6.41 Å². The summed E-state index contributed by atoms with van der Waals surface area (Å²) in [4.78, 5) is 16.2. The highest BCUT2D eigenvalue weighted by atomic mass is 16.7. The van der Waals surface area contributed by atoms with Crippen LogP contribution >= 0.6 is 0 Å². The molecule has 0 aromatic rings. The fourth-order valence-corrected chi connectivity index (χ4v) is 1.57. The molecule has 1 fully saturated rings. The van der Waals surface area contributed by atoms with E-state index < -0.39 is 0 Å². The largest absolute Gasteiger partial charge is 0.276 e. The molecule has 0 radical (unpaired) electrons. The van der Waals surface area contributed by atoms with Crippen LogP contribution in [-0.2, 0) is 9.63 Å². The highest BCUT2D eigenvalue weighted by Gasteiger charge is 2.25. The third-order valence-corrected chi connectivity index (χ3v) is 2.25. The summed E-state index contributed by atoms with van der Waals surface area (Å²) >= 11 is 0. The van der Waals surface area contributed by atoms with Gasteiger partial charge in [-0.15, -0.1) is 0 Å². The number of hydrogen-bond acceptors (Lipinski definition) is 4. The van der Waals surface area contributed by atoms with Crippen molar-refractivity contribution in [2.24, 2.45) is 11.8 Å². The van der Waals surface area contributed by atoms with E-state index in [4.69, 9.17) is 10.7 Å². The Morgan fingerprint density at radius 1 is 1.53 bits per heavy atom. The van der Waals surface area contributed by atoms with Crippen LogP contribution in [0.5, 0.6) is 0 Å². The number of hydrazine groups is 1. The zero-order valence-corrected chi connectivity index (χ0v) is 9.77. The first-order valence-electron chi connectivity index (χ1n) is 5.31. The van der Waals surface area contributed by atoms with Gasteiger partial charge in [0.15, 0.2) is 0 Å². The normalized spacial score (nSPS) is 18.7. The molecule has 1 saturated heterocycles. The van der Waals surface area contributed by atoms with Gasteiger partial charge >= 0.3 is 0 Å². The molecule has 1 rings (SSSR count). The van der Waals surface area contributed by atoms with Crippen LogP contribution in [0.3, 0.4) is 0 Å². The Morgan fingerprint density at radius 2 is 2.13 bits per heavy atom. The third-order valence-electron chi connectivity index (χ3n) is 2.25. The number of amides is 1. The van der Waals surface area contributed by atoms with E-state index in [0.717, 1.165) is 25.9 Å². The van der Waals surface area contributed by atoms with Gasteiger partial charge < -0.3 is 0 Å². The zero-order valence-electron chi connectivity index (χ0n) is 9.77. The van der Waals surface area contributed by atoms with E-state index in [1.165, 1.54) is 5.06 Å². The Labute approximate surface area is 91.1 Å². The summed E-state index contributed by atoms with van der Waals surface area (Å²) in [6.07, 6.45) is 1.69. The van der Waals surface area contributed by atoms with Crippen molar-refractivity contribution in [3.8, 4) is 0 Å². The second-order valence-corrected chi connectivity index (χ2v) is 5.06. The summed E-state index contributed by atoms with van der Waals surface area (Å²) in [5, 5.41) is 3.15. The molecule has 1 aliphatic rings. The zero-order chi connectivity index (χ0) is 11.5. The number of carbonyl (C=O) groups is 1. The molecule has 0 aliphatic carbocycles. The van der Waals surface area contributed by atoms with Crippen molar-refractivity contribution in [1.29, 1.82) is 0 Å². The molecule has 0 spiro atoms. The van der Waals surface area contributed by atoms with Crippen molar-refractivity contribution in [3.05, 3.63) is 0 Å². The van der Waals surface area contributed by atoms with E-state index in [0.29, 0.717) is 12.5 Å². The number of carbonyl (C=O) groups excluding carboxylic acids is 1. The van der Waals surface area contributed by atoms with Crippen molar-refractivity contribution < 1.29 is 9.63 Å². The molecule has 1 aliphatic heterocycles. The van der Waals surface area contributed by atoms with Crippen molar-refractivity contribution in [3.63, 3.8) is 0 Å². The van der Waals surface area contributed by atoms with Crippen LogP contribution in [0.1, 0.15) is 27.2 Å². The van der Waals surface area contributed by atoms with Crippen molar-refractivity contribution in [2.45, 2.75) is 32.8 Å². The van der Waals surface area contributed by atoms with E-state index in [9.17, 15) is 4.79 Å². The highest BCUT2D eigenvalue weighted by molar-refractivity contribution is 5.44. The molecule has 5 heteroatoms. The first-order chi connectivity index (χ1) is 6.90. The summed E-state index contributed by atoms with van der Waals surface area (Å²) < 4.78 is 0. The Bertz CT molecular complexity index is 209. The molecule has 5 nitrogen and oxygen atoms in total. The molecule has 0 atom stereocenters. The minimum atomic E-state index is -0.319. The van der Waals surface area contributed by atoms with Crippen LogP contribution in [-0.4, -0.2) is 41.7 Å². The first-order valence-corrected chi connectivity index (χ1v) is 5.31. The SMILES string of the molecule is CC(C)(C)ON(C=O)CCC1CN(N)C1. The number of hydroxylamine groups is 2. The van der Waals surface area contributed by atoms with Crippen LogP contribution in [0.15, 0.2) is 0 Å². The van der Waals surface area contributed by atoms with Gasteiger partial charge in [0.25, 0.3) is 0 Å². The molecular weight excluding hydrogens is 194 g/mol. The van der Waals surface area contributed by atoms with E-state index in [1.54, 1.807) is 5.01 Å². The lowest BCUT2D eigenvalue weighted by atomic mass is 9.99. The molecule has 1 heterocycles. The maximum absolute atomic E-state index is 10.7. The smallest absolute Gasteiger partial charge is 0.233 e. The topological polar surface area (TPSA) is 58.8 Å². The number of nitrogens with zero attached hydrogens (tertiary/aromatic N) is 2. The Balaban J connectivity index is 2.19. The summed E-state index contributed by atoms with van der Waals surface area (Å²) in [6, 6.07) is 0. The molecule has 0 aromatic heterocycles. The lowest BCUT2D eigenvalue weighted by Gasteiger charge is -2.36. The average molecular weight is 215 g/mol. The predicted octanol–water partition coefficient (Wildman–Crippen LogP) is 0.371. The standard InChI is InChI=1S/C10H21N3O2/c1-10(2,3)15-13(8-14)5-4-9-6-12(11)7-9/h8-9H,4-7,11H2,1-3H3. The molecule has 0 saturated carbocycles. The molecule has 0 aromatic carbocycles. The second kappa shape index (κ2) is 4.92. The van der Waals surface area contributed by atoms with Crippen LogP contribution in [0, 0.1) is 5.92 Å². The predicted molar refractivity (Wildman–Crippen MR) is 57.5 cm³/mol. The van der Waals surface area contributed by atoms with Crippen LogP contribution in [0.2, 0.25) is 0 Å². The summed E-state index contributed by atoms with van der Waals surface area (Å²) in [7, 11) is 0. The van der Waals surface area contributed by atoms with E-state index in [-0.39, 0.29) is 5.60 Å². The quantitative estimate of drug-likeness (QED) is 0.409. The van der Waals surface area contributed by atoms with Gasteiger partial charge in [0, 0.05) is 19.6 Å². The van der Waals surface area contributed by atoms with Gasteiger partial charge in [-0.2, -0.15) is 0 Å². The maximum Gasteiger partial charge on any atom is 0.233 e. The van der Waals surface area contributed by atoms with Gasteiger partial charge in [0.05, 0.1) is 5.60 Å². The summed E-state index contributed by atoms with van der Waals surface area (Å²) in [5.74, 6) is 6.13. The number of nitrogens with two attached hydrogens (primary N) is 1.